The summed E-state index contributed by atoms with van der Waals surface area (Å²) in [5.74, 6) is 0.655. The van der Waals surface area contributed by atoms with Crippen molar-refractivity contribution < 1.29 is 13.2 Å². The van der Waals surface area contributed by atoms with Gasteiger partial charge in [-0.15, -0.1) is 0 Å². The molecule has 1 rings (SSSR count). The summed E-state index contributed by atoms with van der Waals surface area (Å²) in [7, 11) is -3.19. The summed E-state index contributed by atoms with van der Waals surface area (Å²) in [5, 5.41) is 2.94. The summed E-state index contributed by atoms with van der Waals surface area (Å²) in [5.41, 5.74) is 6.18. The summed E-state index contributed by atoms with van der Waals surface area (Å²) < 4.78 is 27.8. The number of ether oxygens (including phenoxy) is 1. The fourth-order valence-electron chi connectivity index (χ4n) is 1.27. The van der Waals surface area contributed by atoms with Gasteiger partial charge in [0.2, 0.25) is 5.88 Å². The van der Waals surface area contributed by atoms with Gasteiger partial charge in [0.05, 0.1) is 10.9 Å². The molecule has 1 heterocycles. The quantitative estimate of drug-likeness (QED) is 0.809. The molecular weight excluding hydrogens is 280 g/mol. The third-order valence-corrected chi connectivity index (χ3v) is 5.03. The van der Waals surface area contributed by atoms with Gasteiger partial charge in [-0.05, 0) is 27.7 Å². The molecule has 1 aromatic rings. The van der Waals surface area contributed by atoms with Crippen LogP contribution in [0.15, 0.2) is 6.33 Å². The Morgan fingerprint density at radius 1 is 1.40 bits per heavy atom. The highest BCUT2D eigenvalue weighted by Crippen LogP contribution is 2.26. The fraction of sp³-hybridized carbons (Fsp3) is 0.667. The average Bonchev–Trinajstić information content (AvgIpc) is 2.28. The summed E-state index contributed by atoms with van der Waals surface area (Å²) in [6, 6.07) is 0. The van der Waals surface area contributed by atoms with Crippen molar-refractivity contribution in [1.29, 1.82) is 0 Å². The Morgan fingerprint density at radius 3 is 2.50 bits per heavy atom. The van der Waals surface area contributed by atoms with Crippen molar-refractivity contribution in [2.75, 3.05) is 23.9 Å². The van der Waals surface area contributed by atoms with E-state index in [2.05, 4.69) is 15.3 Å². The SMILES string of the molecule is CC(C)Oc1ncnc(NCC(C)(C)S(C)(=O)=O)c1N. The van der Waals surface area contributed by atoms with Crippen molar-refractivity contribution in [1.82, 2.24) is 9.97 Å². The summed E-state index contributed by atoms with van der Waals surface area (Å²) in [6.45, 7) is 7.19. The van der Waals surface area contributed by atoms with Crippen LogP contribution in [-0.4, -0.2) is 42.0 Å². The summed E-state index contributed by atoms with van der Waals surface area (Å²) in [4.78, 5) is 7.96. The van der Waals surface area contributed by atoms with Crippen LogP contribution in [-0.2, 0) is 9.84 Å². The molecule has 0 atom stereocenters. The van der Waals surface area contributed by atoms with Crippen LogP contribution in [0.4, 0.5) is 11.5 Å². The minimum atomic E-state index is -3.19. The third kappa shape index (κ3) is 3.96. The van der Waals surface area contributed by atoms with E-state index in [9.17, 15) is 8.42 Å². The monoisotopic (exact) mass is 302 g/mol. The van der Waals surface area contributed by atoms with E-state index in [1.807, 2.05) is 13.8 Å². The van der Waals surface area contributed by atoms with Gasteiger partial charge in [-0.25, -0.2) is 13.4 Å². The number of hydrogen-bond acceptors (Lipinski definition) is 7. The van der Waals surface area contributed by atoms with E-state index in [0.717, 1.165) is 0 Å². The number of anilines is 2. The lowest BCUT2D eigenvalue weighted by Crippen LogP contribution is -2.38. The van der Waals surface area contributed by atoms with E-state index in [1.54, 1.807) is 13.8 Å². The Kier molecular flexibility index (Phi) is 4.80. The van der Waals surface area contributed by atoms with Crippen LogP contribution in [0.25, 0.3) is 0 Å². The molecule has 0 spiro atoms. The summed E-state index contributed by atoms with van der Waals surface area (Å²) >= 11 is 0. The van der Waals surface area contributed by atoms with E-state index in [0.29, 0.717) is 5.82 Å². The maximum atomic E-state index is 11.6. The van der Waals surface area contributed by atoms with Crippen LogP contribution in [0.3, 0.4) is 0 Å². The van der Waals surface area contributed by atoms with Gasteiger partial charge < -0.3 is 15.8 Å². The second-order valence-electron chi connectivity index (χ2n) is 5.49. The minimum absolute atomic E-state index is 0.0625. The molecule has 7 nitrogen and oxygen atoms in total. The van der Waals surface area contributed by atoms with Crippen molar-refractivity contribution in [3.63, 3.8) is 0 Å². The second-order valence-corrected chi connectivity index (χ2v) is 8.14. The molecule has 0 amide bonds. The normalized spacial score (nSPS) is 12.5. The first-order valence-electron chi connectivity index (χ1n) is 6.25. The number of sulfone groups is 1. The van der Waals surface area contributed by atoms with E-state index in [-0.39, 0.29) is 24.2 Å². The molecule has 0 saturated heterocycles. The van der Waals surface area contributed by atoms with Crippen LogP contribution in [0, 0.1) is 0 Å². The number of hydrogen-bond donors (Lipinski definition) is 2. The standard InChI is InChI=1S/C12H22N4O3S/c1-8(2)19-11-9(13)10(15-7-16-11)14-6-12(3,4)20(5,17)18/h7-8H,6,13H2,1-5H3,(H,14,15,16). The Bertz CT molecular complexity index is 570. The molecule has 0 aliphatic heterocycles. The van der Waals surface area contributed by atoms with Crippen molar-refractivity contribution >= 4 is 21.3 Å². The van der Waals surface area contributed by atoms with E-state index < -0.39 is 14.6 Å². The van der Waals surface area contributed by atoms with Gasteiger partial charge in [0, 0.05) is 12.8 Å². The molecule has 8 heteroatoms. The van der Waals surface area contributed by atoms with E-state index >= 15 is 0 Å². The van der Waals surface area contributed by atoms with Gasteiger partial charge in [-0.3, -0.25) is 0 Å². The third-order valence-electron chi connectivity index (χ3n) is 2.88. The van der Waals surface area contributed by atoms with Gasteiger partial charge in [-0.1, -0.05) is 0 Å². The Labute approximate surface area is 119 Å². The van der Waals surface area contributed by atoms with Crippen molar-refractivity contribution in [3.05, 3.63) is 6.33 Å². The second kappa shape index (κ2) is 5.82. The fourth-order valence-corrected chi connectivity index (χ4v) is 1.60. The van der Waals surface area contributed by atoms with Gasteiger partial charge >= 0.3 is 0 Å². The number of nitrogens with two attached hydrogens (primary N) is 1. The lowest BCUT2D eigenvalue weighted by molar-refractivity contribution is 0.234. The topological polar surface area (TPSA) is 107 Å². The van der Waals surface area contributed by atoms with E-state index in [4.69, 9.17) is 10.5 Å². The highest BCUT2D eigenvalue weighted by atomic mass is 32.2. The molecule has 0 saturated carbocycles. The predicted molar refractivity (Wildman–Crippen MR) is 79.6 cm³/mol. The first-order valence-corrected chi connectivity index (χ1v) is 8.14. The van der Waals surface area contributed by atoms with Gasteiger partial charge in [-0.2, -0.15) is 4.98 Å². The Balaban J connectivity index is 2.89. The molecule has 0 aliphatic rings. The predicted octanol–water partition coefficient (Wildman–Crippen LogP) is 1.08. The largest absolute Gasteiger partial charge is 0.473 e. The zero-order chi connectivity index (χ0) is 15.6. The first-order chi connectivity index (χ1) is 9.04. The highest BCUT2D eigenvalue weighted by molar-refractivity contribution is 7.92. The van der Waals surface area contributed by atoms with Crippen LogP contribution in [0.5, 0.6) is 5.88 Å². The van der Waals surface area contributed by atoms with Gasteiger partial charge in [0.15, 0.2) is 15.7 Å². The van der Waals surface area contributed by atoms with Gasteiger partial charge in [0.1, 0.15) is 12.0 Å². The number of nitrogens with zero attached hydrogens (tertiary/aromatic N) is 2. The zero-order valence-corrected chi connectivity index (χ0v) is 13.3. The number of nitrogens with one attached hydrogen (secondary N) is 1. The van der Waals surface area contributed by atoms with Crippen molar-refractivity contribution in [2.45, 2.75) is 38.5 Å². The number of aromatic nitrogens is 2. The Morgan fingerprint density at radius 2 is 2.00 bits per heavy atom. The average molecular weight is 302 g/mol. The maximum absolute atomic E-state index is 11.6. The lowest BCUT2D eigenvalue weighted by atomic mass is 10.2. The van der Waals surface area contributed by atoms with Crippen LogP contribution in [0.1, 0.15) is 27.7 Å². The lowest BCUT2D eigenvalue weighted by Gasteiger charge is -2.23. The van der Waals surface area contributed by atoms with Crippen molar-refractivity contribution in [2.24, 2.45) is 0 Å². The molecule has 3 N–H and O–H groups in total. The molecule has 0 fully saturated rings. The first kappa shape index (κ1) is 16.5. The molecule has 114 valence electrons. The number of rotatable bonds is 6. The molecule has 0 unspecified atom stereocenters. The molecule has 0 aliphatic carbocycles. The zero-order valence-electron chi connectivity index (χ0n) is 12.5. The molecule has 20 heavy (non-hydrogen) atoms. The summed E-state index contributed by atoms with van der Waals surface area (Å²) in [6.07, 6.45) is 2.46. The molecule has 0 bridgehead atoms. The molecule has 0 aromatic carbocycles. The van der Waals surface area contributed by atoms with E-state index in [1.165, 1.54) is 12.6 Å². The van der Waals surface area contributed by atoms with Crippen LogP contribution in [0.2, 0.25) is 0 Å². The highest BCUT2D eigenvalue weighted by Gasteiger charge is 2.30. The van der Waals surface area contributed by atoms with Crippen LogP contribution < -0.4 is 15.8 Å². The smallest absolute Gasteiger partial charge is 0.242 e. The minimum Gasteiger partial charge on any atom is -0.473 e. The number of nitrogen functional groups attached to an aromatic ring is 1. The maximum Gasteiger partial charge on any atom is 0.242 e. The molecular formula is C12H22N4O3S. The van der Waals surface area contributed by atoms with Crippen molar-refractivity contribution in [3.8, 4) is 5.88 Å². The molecule has 0 radical (unpaired) electrons. The molecule has 1 aromatic heterocycles. The Hall–Kier alpha value is -1.57. The van der Waals surface area contributed by atoms with Gasteiger partial charge in [0.25, 0.3) is 0 Å². The van der Waals surface area contributed by atoms with Crippen LogP contribution >= 0.6 is 0 Å².